The molecular weight excluding hydrogens is 280 g/mol. The number of amides is 2. The Morgan fingerprint density at radius 2 is 1.86 bits per heavy atom. The van der Waals surface area contributed by atoms with Crippen molar-refractivity contribution in [1.82, 2.24) is 10.4 Å². The van der Waals surface area contributed by atoms with E-state index in [0.29, 0.717) is 19.0 Å². The second-order valence-electron chi connectivity index (χ2n) is 6.50. The number of urea groups is 1. The highest BCUT2D eigenvalue weighted by Gasteiger charge is 2.35. The van der Waals surface area contributed by atoms with E-state index in [1.807, 2.05) is 38.1 Å². The van der Waals surface area contributed by atoms with Crippen LogP contribution >= 0.6 is 0 Å². The van der Waals surface area contributed by atoms with E-state index in [-0.39, 0.29) is 6.03 Å². The van der Waals surface area contributed by atoms with E-state index in [4.69, 9.17) is 4.84 Å². The number of hydroxylamine groups is 1. The van der Waals surface area contributed by atoms with Crippen molar-refractivity contribution >= 4 is 12.0 Å². The minimum atomic E-state index is -0.830. The van der Waals surface area contributed by atoms with E-state index in [0.717, 1.165) is 17.5 Å². The van der Waals surface area contributed by atoms with E-state index in [1.54, 1.807) is 4.90 Å². The molecule has 1 heterocycles. The summed E-state index contributed by atoms with van der Waals surface area (Å²) < 4.78 is 0. The predicted octanol–water partition coefficient (Wildman–Crippen LogP) is 2.96. The largest absolute Gasteiger partial charge is 0.350 e. The Balaban J connectivity index is 2.08. The van der Waals surface area contributed by atoms with E-state index in [9.17, 15) is 9.59 Å². The number of hydrogen-bond donors (Lipinski definition) is 1. The molecule has 22 heavy (non-hydrogen) atoms. The number of nitrogens with one attached hydrogen (secondary N) is 1. The monoisotopic (exact) mass is 304 g/mol. The molecule has 2 amide bonds. The van der Waals surface area contributed by atoms with Crippen LogP contribution in [0.15, 0.2) is 24.3 Å². The maximum Gasteiger partial charge on any atom is 0.350 e. The van der Waals surface area contributed by atoms with Crippen LogP contribution in [0.1, 0.15) is 51.2 Å². The lowest BCUT2D eigenvalue weighted by atomic mass is 9.79. The second kappa shape index (κ2) is 6.38. The van der Waals surface area contributed by atoms with Crippen molar-refractivity contribution in [2.24, 2.45) is 0 Å². The third-order valence-corrected chi connectivity index (χ3v) is 4.14. The van der Waals surface area contributed by atoms with Crippen molar-refractivity contribution in [2.75, 3.05) is 13.1 Å². The predicted molar refractivity (Wildman–Crippen MR) is 84.4 cm³/mol. The molecule has 0 bridgehead atoms. The van der Waals surface area contributed by atoms with Crippen molar-refractivity contribution in [3.63, 3.8) is 0 Å². The third-order valence-electron chi connectivity index (χ3n) is 4.14. The number of benzene rings is 1. The molecule has 0 spiro atoms. The van der Waals surface area contributed by atoms with Gasteiger partial charge in [0.05, 0.1) is 5.41 Å². The van der Waals surface area contributed by atoms with Crippen LogP contribution in [0.4, 0.5) is 4.79 Å². The van der Waals surface area contributed by atoms with Crippen LogP contribution in [0.25, 0.3) is 0 Å². The Hall–Kier alpha value is -2.04. The van der Waals surface area contributed by atoms with Crippen molar-refractivity contribution < 1.29 is 14.4 Å². The van der Waals surface area contributed by atoms with Gasteiger partial charge in [-0.15, -0.1) is 0 Å². The zero-order chi connectivity index (χ0) is 16.3. The van der Waals surface area contributed by atoms with Crippen LogP contribution in [0.2, 0.25) is 0 Å². The van der Waals surface area contributed by atoms with Gasteiger partial charge in [0.1, 0.15) is 0 Å². The van der Waals surface area contributed by atoms with Gasteiger partial charge in [-0.3, -0.25) is 0 Å². The quantitative estimate of drug-likeness (QED) is 0.873. The first-order valence-electron chi connectivity index (χ1n) is 7.69. The maximum absolute atomic E-state index is 12.4. The van der Waals surface area contributed by atoms with Gasteiger partial charge in [-0.05, 0) is 37.3 Å². The van der Waals surface area contributed by atoms with Crippen LogP contribution in [0.5, 0.6) is 0 Å². The Morgan fingerprint density at radius 3 is 2.41 bits per heavy atom. The first-order chi connectivity index (χ1) is 10.3. The van der Waals surface area contributed by atoms with Crippen LogP contribution in [0, 0.1) is 0 Å². The number of hydrogen-bond acceptors (Lipinski definition) is 3. The molecule has 1 aliphatic heterocycles. The molecule has 1 aliphatic rings. The molecular formula is C17H24N2O3. The number of carbonyl (C=O) groups is 2. The molecule has 0 radical (unpaired) electrons. The van der Waals surface area contributed by atoms with E-state index in [1.165, 1.54) is 0 Å². The molecule has 5 heteroatoms. The molecule has 1 aromatic carbocycles. The summed E-state index contributed by atoms with van der Waals surface area (Å²) in [5.74, 6) is -0.159. The summed E-state index contributed by atoms with van der Waals surface area (Å²) in [7, 11) is 0. The van der Waals surface area contributed by atoms with Crippen LogP contribution in [0.3, 0.4) is 0 Å². The van der Waals surface area contributed by atoms with E-state index < -0.39 is 11.4 Å². The Bertz CT molecular complexity index is 563. The fourth-order valence-corrected chi connectivity index (χ4v) is 2.48. The average Bonchev–Trinajstić information content (AvgIpc) is 2.42. The van der Waals surface area contributed by atoms with E-state index in [2.05, 4.69) is 19.3 Å². The molecule has 0 aromatic heterocycles. The summed E-state index contributed by atoms with van der Waals surface area (Å²) in [5.41, 5.74) is 3.45. The Kier molecular flexibility index (Phi) is 4.74. The van der Waals surface area contributed by atoms with E-state index >= 15 is 0 Å². The van der Waals surface area contributed by atoms with Crippen LogP contribution in [-0.4, -0.2) is 30.0 Å². The molecule has 0 aliphatic carbocycles. The molecule has 0 atom stereocenters. The Labute approximate surface area is 131 Å². The van der Waals surface area contributed by atoms with Gasteiger partial charge in [0.25, 0.3) is 0 Å². The van der Waals surface area contributed by atoms with Gasteiger partial charge < -0.3 is 9.74 Å². The minimum Gasteiger partial charge on any atom is -0.338 e. The van der Waals surface area contributed by atoms with Gasteiger partial charge in [0.15, 0.2) is 0 Å². The summed E-state index contributed by atoms with van der Waals surface area (Å²) in [6.07, 6.45) is 0.995. The second-order valence-corrected chi connectivity index (χ2v) is 6.50. The lowest BCUT2D eigenvalue weighted by molar-refractivity contribution is -0.155. The van der Waals surface area contributed by atoms with Gasteiger partial charge in [-0.1, -0.05) is 38.1 Å². The number of nitrogens with zero attached hydrogens (tertiary/aromatic N) is 1. The van der Waals surface area contributed by atoms with Crippen molar-refractivity contribution in [1.29, 1.82) is 0 Å². The smallest absolute Gasteiger partial charge is 0.338 e. The fraction of sp³-hybridized carbons (Fsp3) is 0.529. The molecule has 1 saturated heterocycles. The number of carbonyl (C=O) groups excluding carboxylic acids is 2. The Morgan fingerprint density at radius 1 is 1.23 bits per heavy atom. The van der Waals surface area contributed by atoms with Crippen molar-refractivity contribution in [3.05, 3.63) is 35.4 Å². The van der Waals surface area contributed by atoms with Gasteiger partial charge in [0, 0.05) is 13.1 Å². The summed E-state index contributed by atoms with van der Waals surface area (Å²) in [5, 5.41) is 0. The van der Waals surface area contributed by atoms with Gasteiger partial charge in [-0.25, -0.2) is 9.59 Å². The lowest BCUT2D eigenvalue weighted by Crippen LogP contribution is -2.49. The van der Waals surface area contributed by atoms with Crippen molar-refractivity contribution in [3.8, 4) is 0 Å². The highest BCUT2D eigenvalue weighted by molar-refractivity contribution is 5.84. The summed E-state index contributed by atoms with van der Waals surface area (Å²) in [6.45, 7) is 9.22. The third kappa shape index (κ3) is 3.24. The standard InChI is InChI=1S/C17H24N2O3/c1-12(2)13-8-5-6-9-14(13)17(3,4)15(20)22-18-16(21)19-10-7-11-19/h5-6,8-9,12H,7,10-11H2,1-4H3,(H,18,21). The summed E-state index contributed by atoms with van der Waals surface area (Å²) in [4.78, 5) is 30.8. The fourth-order valence-electron chi connectivity index (χ4n) is 2.48. The number of likely N-dealkylation sites (tertiary alicyclic amines) is 1. The van der Waals surface area contributed by atoms with Gasteiger partial charge in [0.2, 0.25) is 0 Å². The highest BCUT2D eigenvalue weighted by Crippen LogP contribution is 2.31. The number of rotatable bonds is 3. The molecule has 120 valence electrons. The molecule has 1 N–H and O–H groups in total. The lowest BCUT2D eigenvalue weighted by Gasteiger charge is -2.31. The minimum absolute atomic E-state index is 0.305. The van der Waals surface area contributed by atoms with Gasteiger partial charge >= 0.3 is 12.0 Å². The summed E-state index contributed by atoms with van der Waals surface area (Å²) >= 11 is 0. The first-order valence-corrected chi connectivity index (χ1v) is 7.69. The molecule has 5 nitrogen and oxygen atoms in total. The zero-order valence-electron chi connectivity index (χ0n) is 13.7. The molecule has 1 fully saturated rings. The van der Waals surface area contributed by atoms with Crippen LogP contribution < -0.4 is 5.48 Å². The molecule has 2 rings (SSSR count). The maximum atomic E-state index is 12.4. The van der Waals surface area contributed by atoms with Crippen molar-refractivity contribution in [2.45, 2.75) is 45.4 Å². The molecule has 0 saturated carbocycles. The topological polar surface area (TPSA) is 58.6 Å². The van der Waals surface area contributed by atoms with Gasteiger partial charge in [-0.2, -0.15) is 5.48 Å². The first kappa shape index (κ1) is 16.3. The highest BCUT2D eigenvalue weighted by atomic mass is 16.7. The molecule has 1 aromatic rings. The van der Waals surface area contributed by atoms with Crippen LogP contribution in [-0.2, 0) is 15.0 Å². The molecule has 0 unspecified atom stereocenters. The summed E-state index contributed by atoms with van der Waals surface area (Å²) in [6, 6.07) is 7.48. The SMILES string of the molecule is CC(C)c1ccccc1C(C)(C)C(=O)ONC(=O)N1CCC1. The zero-order valence-corrected chi connectivity index (χ0v) is 13.7. The normalized spacial score (nSPS) is 14.5. The average molecular weight is 304 g/mol.